The number of alkyl halides is 1. The van der Waals surface area contributed by atoms with Gasteiger partial charge < -0.3 is 9.47 Å². The van der Waals surface area contributed by atoms with E-state index in [2.05, 4.69) is 39.5 Å². The molecule has 0 saturated carbocycles. The summed E-state index contributed by atoms with van der Waals surface area (Å²) in [4.78, 5) is 1.51. The van der Waals surface area contributed by atoms with E-state index in [0.717, 1.165) is 11.5 Å². The molecule has 1 aliphatic rings. The zero-order valence-electron chi connectivity index (χ0n) is 9.06. The highest BCUT2D eigenvalue weighted by Crippen LogP contribution is 2.38. The van der Waals surface area contributed by atoms with E-state index in [1.165, 1.54) is 10.4 Å². The minimum absolute atomic E-state index is 0.221. The molecular formula is C13H11BrO2S. The Morgan fingerprint density at radius 1 is 1.12 bits per heavy atom. The first-order valence-electron chi connectivity index (χ1n) is 5.41. The third-order valence-corrected chi connectivity index (χ3v) is 4.91. The standard InChI is InChI=1S/C13H11BrO2S/c14-13(12-2-1-7-17-12)9-3-4-10-11(8-9)16-6-5-15-10/h1-4,7-8,13H,5-6H2. The number of halogens is 1. The normalized spacial score (nSPS) is 15.6. The van der Waals surface area contributed by atoms with E-state index in [9.17, 15) is 0 Å². The smallest absolute Gasteiger partial charge is 0.161 e. The van der Waals surface area contributed by atoms with Crippen LogP contribution < -0.4 is 9.47 Å². The Morgan fingerprint density at radius 2 is 1.94 bits per heavy atom. The van der Waals surface area contributed by atoms with Crippen molar-refractivity contribution >= 4 is 27.3 Å². The lowest BCUT2D eigenvalue weighted by Crippen LogP contribution is -2.15. The number of hydrogen-bond acceptors (Lipinski definition) is 3. The number of ether oxygens (including phenoxy) is 2. The molecule has 17 heavy (non-hydrogen) atoms. The van der Waals surface area contributed by atoms with Gasteiger partial charge in [0.15, 0.2) is 11.5 Å². The van der Waals surface area contributed by atoms with E-state index in [4.69, 9.17) is 9.47 Å². The summed E-state index contributed by atoms with van der Waals surface area (Å²) in [7, 11) is 0. The average Bonchev–Trinajstić information content (AvgIpc) is 2.91. The van der Waals surface area contributed by atoms with Gasteiger partial charge in [0.1, 0.15) is 13.2 Å². The van der Waals surface area contributed by atoms with Gasteiger partial charge in [-0.25, -0.2) is 0 Å². The molecule has 1 aromatic carbocycles. The highest BCUT2D eigenvalue weighted by molar-refractivity contribution is 9.09. The van der Waals surface area contributed by atoms with Crippen molar-refractivity contribution in [1.82, 2.24) is 0 Å². The van der Waals surface area contributed by atoms with Gasteiger partial charge in [0.25, 0.3) is 0 Å². The van der Waals surface area contributed by atoms with Gasteiger partial charge in [0, 0.05) is 4.88 Å². The Labute approximate surface area is 112 Å². The lowest BCUT2D eigenvalue weighted by molar-refractivity contribution is 0.171. The van der Waals surface area contributed by atoms with E-state index < -0.39 is 0 Å². The molecule has 0 amide bonds. The molecule has 3 rings (SSSR count). The zero-order chi connectivity index (χ0) is 11.7. The van der Waals surface area contributed by atoms with Crippen LogP contribution in [0.3, 0.4) is 0 Å². The number of benzene rings is 1. The fraction of sp³-hybridized carbons (Fsp3) is 0.231. The van der Waals surface area contributed by atoms with Crippen molar-refractivity contribution in [1.29, 1.82) is 0 Å². The predicted molar refractivity (Wildman–Crippen MR) is 72.5 cm³/mol. The molecule has 2 aromatic rings. The summed E-state index contributed by atoms with van der Waals surface area (Å²) >= 11 is 5.46. The van der Waals surface area contributed by atoms with Gasteiger partial charge in [0.2, 0.25) is 0 Å². The van der Waals surface area contributed by atoms with E-state index in [-0.39, 0.29) is 4.83 Å². The Balaban J connectivity index is 1.93. The SMILES string of the molecule is BrC(c1ccc2c(c1)OCCO2)c1cccs1. The summed E-state index contributed by atoms with van der Waals surface area (Å²) in [6, 6.07) is 10.3. The minimum atomic E-state index is 0.221. The van der Waals surface area contributed by atoms with E-state index in [1.807, 2.05) is 12.1 Å². The molecule has 0 radical (unpaired) electrons. The molecule has 0 fully saturated rings. The number of rotatable bonds is 2. The first-order chi connectivity index (χ1) is 8.34. The third kappa shape index (κ3) is 2.19. The molecule has 0 spiro atoms. The largest absolute Gasteiger partial charge is 0.486 e. The van der Waals surface area contributed by atoms with Crippen molar-refractivity contribution in [2.75, 3.05) is 13.2 Å². The monoisotopic (exact) mass is 310 g/mol. The Hall–Kier alpha value is -1.000. The third-order valence-electron chi connectivity index (χ3n) is 2.65. The molecule has 1 unspecified atom stereocenters. The second-order valence-corrected chi connectivity index (χ2v) is 5.68. The highest BCUT2D eigenvalue weighted by atomic mass is 79.9. The van der Waals surface area contributed by atoms with E-state index in [0.29, 0.717) is 13.2 Å². The molecule has 1 atom stereocenters. The molecule has 0 bridgehead atoms. The van der Waals surface area contributed by atoms with Crippen molar-refractivity contribution in [3.63, 3.8) is 0 Å². The predicted octanol–water partition coefficient (Wildman–Crippen LogP) is 4.00. The van der Waals surface area contributed by atoms with Crippen molar-refractivity contribution in [3.8, 4) is 11.5 Å². The van der Waals surface area contributed by atoms with Gasteiger partial charge >= 0.3 is 0 Å². The fourth-order valence-electron chi connectivity index (χ4n) is 1.82. The number of thiophene rings is 1. The highest BCUT2D eigenvalue weighted by Gasteiger charge is 2.16. The molecule has 0 N–H and O–H groups in total. The summed E-state index contributed by atoms with van der Waals surface area (Å²) in [6.45, 7) is 1.26. The van der Waals surface area contributed by atoms with Crippen LogP contribution in [0.1, 0.15) is 15.3 Å². The second kappa shape index (κ2) is 4.70. The number of hydrogen-bond donors (Lipinski definition) is 0. The van der Waals surface area contributed by atoms with Crippen LogP contribution >= 0.6 is 27.3 Å². The molecule has 0 saturated heterocycles. The van der Waals surface area contributed by atoms with Crippen molar-refractivity contribution < 1.29 is 9.47 Å². The molecule has 0 aliphatic carbocycles. The van der Waals surface area contributed by atoms with Crippen LogP contribution in [0.15, 0.2) is 35.7 Å². The van der Waals surface area contributed by atoms with E-state index in [1.54, 1.807) is 11.3 Å². The van der Waals surface area contributed by atoms with Gasteiger partial charge in [-0.1, -0.05) is 28.1 Å². The maximum absolute atomic E-state index is 5.59. The van der Waals surface area contributed by atoms with Crippen molar-refractivity contribution in [2.45, 2.75) is 4.83 Å². The molecule has 2 nitrogen and oxygen atoms in total. The molecule has 1 aliphatic heterocycles. The topological polar surface area (TPSA) is 18.5 Å². The quantitative estimate of drug-likeness (QED) is 0.780. The van der Waals surface area contributed by atoms with Gasteiger partial charge in [0.05, 0.1) is 4.83 Å². The average molecular weight is 311 g/mol. The maximum Gasteiger partial charge on any atom is 0.161 e. The Kier molecular flexibility index (Phi) is 3.07. The molecule has 88 valence electrons. The Morgan fingerprint density at radius 3 is 2.71 bits per heavy atom. The van der Waals surface area contributed by atoms with Crippen molar-refractivity contribution in [3.05, 3.63) is 46.2 Å². The van der Waals surface area contributed by atoms with Crippen molar-refractivity contribution in [2.24, 2.45) is 0 Å². The molecule has 4 heteroatoms. The van der Waals surface area contributed by atoms with Gasteiger partial charge in [-0.3, -0.25) is 0 Å². The number of fused-ring (bicyclic) bond motifs is 1. The summed E-state index contributed by atoms with van der Waals surface area (Å²) < 4.78 is 11.1. The van der Waals surface area contributed by atoms with E-state index >= 15 is 0 Å². The molecule has 2 heterocycles. The minimum Gasteiger partial charge on any atom is -0.486 e. The Bertz CT molecular complexity index is 510. The molecular weight excluding hydrogens is 300 g/mol. The first kappa shape index (κ1) is 11.1. The van der Waals surface area contributed by atoms with Gasteiger partial charge in [-0.2, -0.15) is 0 Å². The zero-order valence-corrected chi connectivity index (χ0v) is 11.5. The summed E-state index contributed by atoms with van der Waals surface area (Å²) in [6.07, 6.45) is 0. The van der Waals surface area contributed by atoms with Crippen LogP contribution in [-0.2, 0) is 0 Å². The lowest BCUT2D eigenvalue weighted by atomic mass is 10.1. The fourth-order valence-corrected chi connectivity index (χ4v) is 3.31. The second-order valence-electron chi connectivity index (χ2n) is 3.78. The van der Waals surface area contributed by atoms with Gasteiger partial charge in [-0.05, 0) is 29.1 Å². The lowest BCUT2D eigenvalue weighted by Gasteiger charge is -2.19. The van der Waals surface area contributed by atoms with Crippen LogP contribution in [0.2, 0.25) is 0 Å². The van der Waals surface area contributed by atoms with Crippen LogP contribution in [-0.4, -0.2) is 13.2 Å². The van der Waals surface area contributed by atoms with Gasteiger partial charge in [-0.15, -0.1) is 11.3 Å². The van der Waals surface area contributed by atoms with Crippen LogP contribution in [0.4, 0.5) is 0 Å². The summed E-state index contributed by atoms with van der Waals surface area (Å²) in [5.41, 5.74) is 1.19. The van der Waals surface area contributed by atoms with Crippen LogP contribution in [0.25, 0.3) is 0 Å². The van der Waals surface area contributed by atoms with Crippen LogP contribution in [0, 0.1) is 0 Å². The maximum atomic E-state index is 5.59. The van der Waals surface area contributed by atoms with Crippen LogP contribution in [0.5, 0.6) is 11.5 Å². The summed E-state index contributed by atoms with van der Waals surface area (Å²) in [5, 5.41) is 2.08. The molecule has 1 aromatic heterocycles. The first-order valence-corrected chi connectivity index (χ1v) is 7.21. The summed E-state index contributed by atoms with van der Waals surface area (Å²) in [5.74, 6) is 1.68.